The minimum absolute atomic E-state index is 0.660. The van der Waals surface area contributed by atoms with Gasteiger partial charge in [-0.3, -0.25) is 0 Å². The van der Waals surface area contributed by atoms with Crippen molar-refractivity contribution in [3.8, 4) is 0 Å². The van der Waals surface area contributed by atoms with Gasteiger partial charge in [-0.25, -0.2) is 0 Å². The molecule has 0 amide bonds. The predicted molar refractivity (Wildman–Crippen MR) is 73.9 cm³/mol. The summed E-state index contributed by atoms with van der Waals surface area (Å²) >= 11 is 0. The Morgan fingerprint density at radius 3 is 2.19 bits per heavy atom. The average molecular weight is 228 g/mol. The molecule has 0 aliphatic heterocycles. The van der Waals surface area contributed by atoms with Gasteiger partial charge < -0.3 is 10.2 Å². The topological polar surface area (TPSA) is 15.3 Å². The first-order valence-electron chi connectivity index (χ1n) is 6.92. The molecule has 1 N–H and O–H groups in total. The van der Waals surface area contributed by atoms with Crippen LogP contribution in [-0.2, 0) is 0 Å². The van der Waals surface area contributed by atoms with Gasteiger partial charge >= 0.3 is 0 Å². The lowest BCUT2D eigenvalue weighted by Gasteiger charge is -2.22. The van der Waals surface area contributed by atoms with Gasteiger partial charge in [-0.2, -0.15) is 0 Å². The van der Waals surface area contributed by atoms with Crippen molar-refractivity contribution in [3.63, 3.8) is 0 Å². The maximum atomic E-state index is 3.62. The largest absolute Gasteiger partial charge is 0.314 e. The predicted octanol–water partition coefficient (Wildman–Crippen LogP) is 3.13. The lowest BCUT2D eigenvalue weighted by molar-refractivity contribution is 0.266. The molecule has 16 heavy (non-hydrogen) atoms. The van der Waals surface area contributed by atoms with Gasteiger partial charge in [0.1, 0.15) is 0 Å². The average Bonchev–Trinajstić information content (AvgIpc) is 2.26. The second-order valence-corrected chi connectivity index (χ2v) is 5.41. The zero-order valence-corrected chi connectivity index (χ0v) is 12.2. The molecule has 2 atom stereocenters. The van der Waals surface area contributed by atoms with Crippen molar-refractivity contribution in [1.29, 1.82) is 0 Å². The molecule has 0 heterocycles. The maximum Gasteiger partial charge on any atom is 0.00642 e. The fourth-order valence-electron chi connectivity index (χ4n) is 1.63. The molecule has 0 spiro atoms. The Morgan fingerprint density at radius 1 is 1.06 bits per heavy atom. The van der Waals surface area contributed by atoms with Crippen LogP contribution in [0, 0.1) is 5.92 Å². The van der Waals surface area contributed by atoms with Gasteiger partial charge in [0, 0.05) is 12.1 Å². The number of hydrogen-bond donors (Lipinski definition) is 1. The first-order valence-corrected chi connectivity index (χ1v) is 6.92. The van der Waals surface area contributed by atoms with Crippen molar-refractivity contribution in [2.24, 2.45) is 5.92 Å². The van der Waals surface area contributed by atoms with Crippen LogP contribution >= 0.6 is 0 Å². The molecule has 0 bridgehead atoms. The van der Waals surface area contributed by atoms with Gasteiger partial charge in [-0.1, -0.05) is 20.3 Å². The highest BCUT2D eigenvalue weighted by atomic mass is 15.1. The van der Waals surface area contributed by atoms with Gasteiger partial charge in [-0.15, -0.1) is 0 Å². The minimum atomic E-state index is 0.660. The molecule has 2 heteroatoms. The highest BCUT2D eigenvalue weighted by Crippen LogP contribution is 2.06. The van der Waals surface area contributed by atoms with Gasteiger partial charge in [0.25, 0.3) is 0 Å². The molecule has 0 radical (unpaired) electrons. The van der Waals surface area contributed by atoms with E-state index in [-0.39, 0.29) is 0 Å². The lowest BCUT2D eigenvalue weighted by atomic mass is 10.0. The smallest absolute Gasteiger partial charge is 0.00642 e. The van der Waals surface area contributed by atoms with Crippen LogP contribution in [0.5, 0.6) is 0 Å². The number of hydrogen-bond acceptors (Lipinski definition) is 2. The van der Waals surface area contributed by atoms with Crippen LogP contribution in [0.1, 0.15) is 53.9 Å². The normalized spacial score (nSPS) is 15.8. The molecule has 0 fully saturated rings. The zero-order chi connectivity index (χ0) is 12.6. The van der Waals surface area contributed by atoms with E-state index in [1.807, 2.05) is 0 Å². The third-order valence-electron chi connectivity index (χ3n) is 3.78. The Kier molecular flexibility index (Phi) is 8.96. The van der Waals surface area contributed by atoms with Crippen molar-refractivity contribution in [1.82, 2.24) is 10.2 Å². The summed E-state index contributed by atoms with van der Waals surface area (Å²) in [5, 5.41) is 3.62. The fourth-order valence-corrected chi connectivity index (χ4v) is 1.63. The monoisotopic (exact) mass is 228 g/mol. The Labute approximate surface area is 103 Å². The summed E-state index contributed by atoms with van der Waals surface area (Å²) in [6.45, 7) is 13.8. The molecular formula is C14H32N2. The van der Waals surface area contributed by atoms with Crippen molar-refractivity contribution in [2.75, 3.05) is 20.1 Å². The van der Waals surface area contributed by atoms with Gasteiger partial charge in [0.15, 0.2) is 0 Å². The van der Waals surface area contributed by atoms with Crippen LogP contribution in [0.4, 0.5) is 0 Å². The highest BCUT2D eigenvalue weighted by molar-refractivity contribution is 4.67. The molecule has 0 saturated heterocycles. The third-order valence-corrected chi connectivity index (χ3v) is 3.78. The second kappa shape index (κ2) is 9.00. The van der Waals surface area contributed by atoms with Crippen LogP contribution in [0.15, 0.2) is 0 Å². The number of nitrogens with zero attached hydrogens (tertiary/aromatic N) is 1. The summed E-state index contributed by atoms with van der Waals surface area (Å²) in [7, 11) is 2.21. The van der Waals surface area contributed by atoms with Crippen LogP contribution in [0.2, 0.25) is 0 Å². The van der Waals surface area contributed by atoms with Crippen molar-refractivity contribution in [3.05, 3.63) is 0 Å². The van der Waals surface area contributed by atoms with Gasteiger partial charge in [-0.05, 0) is 59.7 Å². The van der Waals surface area contributed by atoms with E-state index in [0.717, 1.165) is 12.5 Å². The molecule has 0 aliphatic carbocycles. The summed E-state index contributed by atoms with van der Waals surface area (Å²) in [5.74, 6) is 0.790. The summed E-state index contributed by atoms with van der Waals surface area (Å²) in [4.78, 5) is 2.41. The zero-order valence-electron chi connectivity index (χ0n) is 12.2. The summed E-state index contributed by atoms with van der Waals surface area (Å²) in [5.41, 5.74) is 0. The maximum absolute atomic E-state index is 3.62. The third kappa shape index (κ3) is 7.24. The first kappa shape index (κ1) is 15.9. The van der Waals surface area contributed by atoms with Gasteiger partial charge in [0.05, 0.1) is 0 Å². The molecule has 0 rings (SSSR count). The molecule has 98 valence electrons. The standard InChI is InChI=1S/C14H32N2/c1-7-13(4)14(5)15-10-8-9-11-16(6)12(2)3/h12-15H,7-11H2,1-6H3. The summed E-state index contributed by atoms with van der Waals surface area (Å²) in [6, 6.07) is 1.33. The van der Waals surface area contributed by atoms with E-state index in [4.69, 9.17) is 0 Å². The quantitative estimate of drug-likeness (QED) is 0.610. The first-order chi connectivity index (χ1) is 7.49. The SMILES string of the molecule is CCC(C)C(C)NCCCCN(C)C(C)C. The summed E-state index contributed by atoms with van der Waals surface area (Å²) in [6.07, 6.45) is 3.86. The molecule has 0 aromatic carbocycles. The number of rotatable bonds is 9. The van der Waals surface area contributed by atoms with E-state index in [1.165, 1.54) is 25.8 Å². The van der Waals surface area contributed by atoms with Crippen LogP contribution in [0.25, 0.3) is 0 Å². The van der Waals surface area contributed by atoms with E-state index < -0.39 is 0 Å². The van der Waals surface area contributed by atoms with E-state index in [9.17, 15) is 0 Å². The van der Waals surface area contributed by atoms with Crippen molar-refractivity contribution in [2.45, 2.75) is 66.0 Å². The number of unbranched alkanes of at least 4 members (excludes halogenated alkanes) is 1. The van der Waals surface area contributed by atoms with E-state index in [1.54, 1.807) is 0 Å². The van der Waals surface area contributed by atoms with E-state index in [0.29, 0.717) is 12.1 Å². The molecule has 2 nitrogen and oxygen atoms in total. The Balaban J connectivity index is 3.40. The van der Waals surface area contributed by atoms with E-state index in [2.05, 4.69) is 51.9 Å². The molecule has 0 aromatic rings. The Hall–Kier alpha value is -0.0800. The highest BCUT2D eigenvalue weighted by Gasteiger charge is 2.08. The molecule has 0 aliphatic rings. The number of nitrogens with one attached hydrogen (secondary N) is 1. The second-order valence-electron chi connectivity index (χ2n) is 5.41. The van der Waals surface area contributed by atoms with Crippen LogP contribution in [-0.4, -0.2) is 37.1 Å². The van der Waals surface area contributed by atoms with Crippen molar-refractivity contribution < 1.29 is 0 Å². The summed E-state index contributed by atoms with van der Waals surface area (Å²) < 4.78 is 0. The molecule has 2 unspecified atom stereocenters. The molecule has 0 aromatic heterocycles. The Morgan fingerprint density at radius 2 is 1.69 bits per heavy atom. The van der Waals surface area contributed by atoms with Crippen molar-refractivity contribution >= 4 is 0 Å². The van der Waals surface area contributed by atoms with E-state index >= 15 is 0 Å². The van der Waals surface area contributed by atoms with Crippen LogP contribution in [0.3, 0.4) is 0 Å². The minimum Gasteiger partial charge on any atom is -0.314 e. The lowest BCUT2D eigenvalue weighted by Crippen LogP contribution is -2.33. The Bertz CT molecular complexity index is 157. The van der Waals surface area contributed by atoms with Crippen LogP contribution < -0.4 is 5.32 Å². The fraction of sp³-hybridized carbons (Fsp3) is 1.00. The van der Waals surface area contributed by atoms with Gasteiger partial charge in [0.2, 0.25) is 0 Å². The molecule has 0 saturated carbocycles. The molecular weight excluding hydrogens is 196 g/mol.